The molecule has 0 bridgehead atoms. The summed E-state index contributed by atoms with van der Waals surface area (Å²) >= 11 is 0. The van der Waals surface area contributed by atoms with E-state index >= 15 is 0 Å². The van der Waals surface area contributed by atoms with Crippen molar-refractivity contribution in [3.63, 3.8) is 0 Å². The van der Waals surface area contributed by atoms with Crippen LogP contribution in [0.4, 0.5) is 4.79 Å². The van der Waals surface area contributed by atoms with Crippen LogP contribution >= 0.6 is 0 Å². The quantitative estimate of drug-likeness (QED) is 0.836. The molecule has 1 saturated carbocycles. The van der Waals surface area contributed by atoms with Gasteiger partial charge in [0.25, 0.3) is 0 Å². The predicted octanol–water partition coefficient (Wildman–Crippen LogP) is 4.40. The summed E-state index contributed by atoms with van der Waals surface area (Å²) < 4.78 is 5.30. The van der Waals surface area contributed by atoms with Crippen LogP contribution in [0.1, 0.15) is 73.1 Å². The molecule has 0 saturated heterocycles. The van der Waals surface area contributed by atoms with Crippen molar-refractivity contribution in [2.75, 3.05) is 0 Å². The summed E-state index contributed by atoms with van der Waals surface area (Å²) in [6.45, 7) is 10.0. The predicted molar refractivity (Wildman–Crippen MR) is 83.7 cm³/mol. The van der Waals surface area contributed by atoms with Gasteiger partial charge in [-0.2, -0.15) is 5.26 Å². The highest BCUT2D eigenvalue weighted by Crippen LogP contribution is 2.44. The van der Waals surface area contributed by atoms with Gasteiger partial charge in [0.05, 0.1) is 6.07 Å². The molecule has 1 N–H and O–H groups in total. The third kappa shape index (κ3) is 6.37. The average Bonchev–Trinajstić information content (AvgIpc) is 2.29. The molecule has 4 heteroatoms. The van der Waals surface area contributed by atoms with E-state index in [2.05, 4.69) is 25.2 Å². The number of hydrogen-bond acceptors (Lipinski definition) is 3. The Morgan fingerprint density at radius 2 is 1.95 bits per heavy atom. The molecule has 1 rings (SSSR count). The summed E-state index contributed by atoms with van der Waals surface area (Å²) in [6.07, 6.45) is 5.30. The van der Waals surface area contributed by atoms with Crippen LogP contribution in [0.2, 0.25) is 0 Å². The maximum Gasteiger partial charge on any atom is 0.407 e. The summed E-state index contributed by atoms with van der Waals surface area (Å²) in [7, 11) is 0. The summed E-state index contributed by atoms with van der Waals surface area (Å²) in [6, 6.07) is 2.54. The molecule has 1 fully saturated rings. The highest BCUT2D eigenvalue weighted by Gasteiger charge is 2.36. The number of nitrogens with zero attached hydrogens (tertiary/aromatic N) is 1. The van der Waals surface area contributed by atoms with Crippen molar-refractivity contribution >= 4 is 6.09 Å². The molecule has 0 spiro atoms. The van der Waals surface area contributed by atoms with Crippen LogP contribution in [0, 0.1) is 22.7 Å². The van der Waals surface area contributed by atoms with Crippen molar-refractivity contribution in [2.45, 2.75) is 84.8 Å². The van der Waals surface area contributed by atoms with E-state index in [0.29, 0.717) is 12.3 Å². The van der Waals surface area contributed by atoms with E-state index in [9.17, 15) is 4.79 Å². The Morgan fingerprint density at radius 3 is 2.38 bits per heavy atom. The van der Waals surface area contributed by atoms with Crippen LogP contribution in [-0.2, 0) is 4.74 Å². The fraction of sp³-hybridized carbons (Fsp3) is 0.882. The van der Waals surface area contributed by atoms with Crippen molar-refractivity contribution in [3.8, 4) is 6.07 Å². The molecule has 21 heavy (non-hydrogen) atoms. The number of alkyl carbamates (subject to hydrolysis) is 1. The lowest BCUT2D eigenvalue weighted by Gasteiger charge is -2.40. The maximum absolute atomic E-state index is 11.8. The molecule has 0 aromatic carbocycles. The minimum absolute atomic E-state index is 0.148. The first-order valence-electron chi connectivity index (χ1n) is 8.02. The minimum Gasteiger partial charge on any atom is -0.444 e. The van der Waals surface area contributed by atoms with Gasteiger partial charge in [-0.1, -0.05) is 13.8 Å². The van der Waals surface area contributed by atoms with Crippen LogP contribution in [0.25, 0.3) is 0 Å². The Hall–Kier alpha value is -1.24. The first kappa shape index (κ1) is 17.8. The first-order valence-corrected chi connectivity index (χ1v) is 8.02. The number of carbonyl (C=O) groups is 1. The van der Waals surface area contributed by atoms with E-state index in [1.807, 2.05) is 20.8 Å². The van der Waals surface area contributed by atoms with Crippen LogP contribution in [0.3, 0.4) is 0 Å². The maximum atomic E-state index is 11.8. The van der Waals surface area contributed by atoms with Gasteiger partial charge in [0.15, 0.2) is 0 Å². The molecule has 0 heterocycles. The Labute approximate surface area is 129 Å². The Kier molecular flexibility index (Phi) is 6.07. The van der Waals surface area contributed by atoms with Crippen molar-refractivity contribution in [2.24, 2.45) is 11.3 Å². The molecular weight excluding hydrogens is 264 g/mol. The highest BCUT2D eigenvalue weighted by atomic mass is 16.6. The number of nitriles is 1. The monoisotopic (exact) mass is 294 g/mol. The van der Waals surface area contributed by atoms with Gasteiger partial charge in [-0.25, -0.2) is 4.79 Å². The van der Waals surface area contributed by atoms with E-state index in [4.69, 9.17) is 10.00 Å². The fourth-order valence-electron chi connectivity index (χ4n) is 3.34. The fourth-order valence-corrected chi connectivity index (χ4v) is 3.34. The second kappa shape index (κ2) is 7.15. The Bertz CT molecular complexity index is 383. The number of carbonyl (C=O) groups excluding carboxylic acids is 1. The third-order valence-electron chi connectivity index (χ3n) is 4.06. The van der Waals surface area contributed by atoms with Gasteiger partial charge in [0.2, 0.25) is 0 Å². The van der Waals surface area contributed by atoms with Crippen LogP contribution in [-0.4, -0.2) is 17.7 Å². The van der Waals surface area contributed by atoms with Crippen molar-refractivity contribution in [3.05, 3.63) is 0 Å². The molecular formula is C17H30N2O2. The van der Waals surface area contributed by atoms with E-state index < -0.39 is 5.60 Å². The van der Waals surface area contributed by atoms with Gasteiger partial charge in [0, 0.05) is 12.5 Å². The number of hydrogen-bond donors (Lipinski definition) is 1. The molecule has 120 valence electrons. The molecule has 1 aliphatic carbocycles. The van der Waals surface area contributed by atoms with Crippen molar-refractivity contribution in [1.29, 1.82) is 5.26 Å². The van der Waals surface area contributed by atoms with E-state index in [1.54, 1.807) is 0 Å². The third-order valence-corrected chi connectivity index (χ3v) is 4.06. The lowest BCUT2D eigenvalue weighted by molar-refractivity contribution is 0.0459. The molecule has 0 aromatic rings. The number of amides is 1. The van der Waals surface area contributed by atoms with Gasteiger partial charge in [-0.3, -0.25) is 0 Å². The molecule has 0 aliphatic heterocycles. The van der Waals surface area contributed by atoms with Gasteiger partial charge in [-0.15, -0.1) is 0 Å². The van der Waals surface area contributed by atoms with E-state index in [-0.39, 0.29) is 17.6 Å². The molecule has 0 atom stereocenters. The van der Waals surface area contributed by atoms with Crippen LogP contribution in [0.5, 0.6) is 0 Å². The number of nitrogens with one attached hydrogen (secondary N) is 1. The summed E-state index contributed by atoms with van der Waals surface area (Å²) in [5, 5.41) is 12.1. The van der Waals surface area contributed by atoms with Gasteiger partial charge in [0.1, 0.15) is 5.60 Å². The molecule has 1 amide bonds. The average molecular weight is 294 g/mol. The summed E-state index contributed by atoms with van der Waals surface area (Å²) in [4.78, 5) is 11.8. The second-order valence-corrected chi connectivity index (χ2v) is 7.85. The van der Waals surface area contributed by atoms with E-state index in [1.165, 1.54) is 0 Å². The topological polar surface area (TPSA) is 62.1 Å². The number of rotatable bonds is 4. The van der Waals surface area contributed by atoms with E-state index in [0.717, 1.165) is 32.1 Å². The second-order valence-electron chi connectivity index (χ2n) is 7.85. The Morgan fingerprint density at radius 1 is 1.38 bits per heavy atom. The molecule has 0 unspecified atom stereocenters. The smallest absolute Gasteiger partial charge is 0.407 e. The largest absolute Gasteiger partial charge is 0.444 e. The molecule has 1 aliphatic rings. The van der Waals surface area contributed by atoms with Gasteiger partial charge < -0.3 is 10.1 Å². The van der Waals surface area contributed by atoms with Crippen molar-refractivity contribution in [1.82, 2.24) is 5.32 Å². The Balaban J connectivity index is 2.50. The van der Waals surface area contributed by atoms with Gasteiger partial charge >= 0.3 is 6.09 Å². The zero-order chi connectivity index (χ0) is 16.1. The van der Waals surface area contributed by atoms with Crippen LogP contribution < -0.4 is 5.32 Å². The van der Waals surface area contributed by atoms with Crippen molar-refractivity contribution < 1.29 is 9.53 Å². The SMILES string of the molecule is CC(C)C[C@]1(CC#N)CC[C@H](NC(=O)OC(C)(C)C)CC1. The van der Waals surface area contributed by atoms with Gasteiger partial charge in [-0.05, 0) is 64.2 Å². The first-order chi connectivity index (χ1) is 9.66. The zero-order valence-corrected chi connectivity index (χ0v) is 14.2. The lowest BCUT2D eigenvalue weighted by atomic mass is 9.66. The molecule has 4 nitrogen and oxygen atoms in total. The minimum atomic E-state index is -0.457. The molecule has 0 aromatic heterocycles. The highest BCUT2D eigenvalue weighted by molar-refractivity contribution is 5.68. The molecule has 0 radical (unpaired) electrons. The summed E-state index contributed by atoms with van der Waals surface area (Å²) in [5.41, 5.74) is -0.310. The van der Waals surface area contributed by atoms with Crippen LogP contribution in [0.15, 0.2) is 0 Å². The normalized spacial score (nSPS) is 26.2. The lowest BCUT2D eigenvalue weighted by Crippen LogP contribution is -2.43. The number of ether oxygens (including phenoxy) is 1. The standard InChI is InChI=1S/C17H30N2O2/c1-13(2)12-17(10-11-18)8-6-14(7-9-17)19-15(20)21-16(3,4)5/h13-14H,6-10,12H2,1-5H3,(H,19,20)/t14-,17+. The zero-order valence-electron chi connectivity index (χ0n) is 14.2. The summed E-state index contributed by atoms with van der Waals surface area (Å²) in [5.74, 6) is 0.605.